The van der Waals surface area contributed by atoms with Gasteiger partial charge >= 0.3 is 0 Å². The van der Waals surface area contributed by atoms with Gasteiger partial charge in [-0.05, 0) is 31.5 Å². The van der Waals surface area contributed by atoms with Crippen molar-refractivity contribution in [1.29, 1.82) is 0 Å². The first-order valence-corrected chi connectivity index (χ1v) is 7.20. The van der Waals surface area contributed by atoms with Crippen molar-refractivity contribution in [3.8, 4) is 5.75 Å². The maximum atomic E-state index is 9.92. The van der Waals surface area contributed by atoms with E-state index in [1.54, 1.807) is 6.07 Å². The first-order valence-electron chi connectivity index (χ1n) is 6.44. The predicted molar refractivity (Wildman–Crippen MR) is 84.6 cm³/mol. The lowest BCUT2D eigenvalue weighted by Gasteiger charge is -2.16. The molecular formula is C16H17Cl2NO. The molecule has 0 aromatic heterocycles. The van der Waals surface area contributed by atoms with Gasteiger partial charge in [0.2, 0.25) is 0 Å². The van der Waals surface area contributed by atoms with Crippen LogP contribution in [0.2, 0.25) is 10.0 Å². The molecule has 0 saturated carbocycles. The van der Waals surface area contributed by atoms with Gasteiger partial charge < -0.3 is 10.4 Å². The first-order chi connectivity index (χ1) is 9.47. The van der Waals surface area contributed by atoms with Crippen molar-refractivity contribution in [3.05, 3.63) is 63.1 Å². The van der Waals surface area contributed by atoms with Gasteiger partial charge in [-0.1, -0.05) is 53.0 Å². The molecule has 0 aliphatic rings. The van der Waals surface area contributed by atoms with Crippen LogP contribution in [0.1, 0.15) is 29.7 Å². The average molecular weight is 310 g/mol. The summed E-state index contributed by atoms with van der Waals surface area (Å²) in [4.78, 5) is 0. The van der Waals surface area contributed by atoms with Gasteiger partial charge in [0.05, 0.1) is 5.02 Å². The third kappa shape index (κ3) is 3.66. The van der Waals surface area contributed by atoms with Crippen LogP contribution in [-0.4, -0.2) is 5.11 Å². The van der Waals surface area contributed by atoms with Gasteiger partial charge in [0.1, 0.15) is 5.75 Å². The fourth-order valence-corrected chi connectivity index (χ4v) is 2.61. The van der Waals surface area contributed by atoms with E-state index in [9.17, 15) is 5.11 Å². The summed E-state index contributed by atoms with van der Waals surface area (Å²) < 4.78 is 0. The van der Waals surface area contributed by atoms with Gasteiger partial charge in [-0.3, -0.25) is 0 Å². The molecule has 2 rings (SSSR count). The molecule has 106 valence electrons. The Balaban J connectivity index is 2.09. The lowest BCUT2D eigenvalue weighted by Crippen LogP contribution is -2.18. The SMILES string of the molecule is Cc1cccc([C@@H](C)NCc2cc(Cl)cc(Cl)c2O)c1. The number of nitrogens with one attached hydrogen (secondary N) is 1. The maximum Gasteiger partial charge on any atom is 0.138 e. The standard InChI is InChI=1S/C16H17Cl2NO/c1-10-4-3-5-12(6-10)11(2)19-9-13-7-14(17)8-15(18)16(13)20/h3-8,11,19-20H,9H2,1-2H3/t11-/m1/s1. The van der Waals surface area contributed by atoms with Gasteiger partial charge in [-0.2, -0.15) is 0 Å². The third-order valence-corrected chi connectivity index (χ3v) is 3.75. The highest BCUT2D eigenvalue weighted by Gasteiger charge is 2.10. The number of halogens is 2. The summed E-state index contributed by atoms with van der Waals surface area (Å²) in [7, 11) is 0. The molecule has 0 fully saturated rings. The van der Waals surface area contributed by atoms with Crippen molar-refractivity contribution >= 4 is 23.2 Å². The number of hydrogen-bond donors (Lipinski definition) is 2. The Hall–Kier alpha value is -1.22. The number of rotatable bonds is 4. The Kier molecular flexibility index (Phi) is 4.92. The van der Waals surface area contributed by atoms with E-state index in [-0.39, 0.29) is 16.8 Å². The largest absolute Gasteiger partial charge is 0.506 e. The van der Waals surface area contributed by atoms with E-state index in [4.69, 9.17) is 23.2 Å². The van der Waals surface area contributed by atoms with Crippen LogP contribution >= 0.6 is 23.2 Å². The highest BCUT2D eigenvalue weighted by Crippen LogP contribution is 2.31. The quantitative estimate of drug-likeness (QED) is 0.845. The molecule has 0 aliphatic carbocycles. The molecule has 2 nitrogen and oxygen atoms in total. The second kappa shape index (κ2) is 6.49. The van der Waals surface area contributed by atoms with Crippen LogP contribution in [0.15, 0.2) is 36.4 Å². The molecule has 2 aromatic carbocycles. The summed E-state index contributed by atoms with van der Waals surface area (Å²) in [6.45, 7) is 4.65. The molecule has 0 unspecified atom stereocenters. The Morgan fingerprint density at radius 3 is 2.65 bits per heavy atom. The van der Waals surface area contributed by atoms with Crippen LogP contribution in [0, 0.1) is 6.92 Å². The molecule has 0 amide bonds. The second-order valence-electron chi connectivity index (χ2n) is 4.91. The van der Waals surface area contributed by atoms with E-state index < -0.39 is 0 Å². The second-order valence-corrected chi connectivity index (χ2v) is 5.76. The van der Waals surface area contributed by atoms with Crippen molar-refractivity contribution in [1.82, 2.24) is 5.32 Å². The number of phenolic OH excluding ortho intramolecular Hbond substituents is 1. The molecule has 4 heteroatoms. The highest BCUT2D eigenvalue weighted by molar-refractivity contribution is 6.35. The van der Waals surface area contributed by atoms with Gasteiger partial charge in [0, 0.05) is 23.2 Å². The van der Waals surface area contributed by atoms with E-state index in [1.165, 1.54) is 17.2 Å². The van der Waals surface area contributed by atoms with Crippen LogP contribution in [-0.2, 0) is 6.54 Å². The fraction of sp³-hybridized carbons (Fsp3) is 0.250. The first kappa shape index (κ1) is 15.2. The molecule has 2 aromatic rings. The van der Waals surface area contributed by atoms with E-state index >= 15 is 0 Å². The van der Waals surface area contributed by atoms with Gasteiger partial charge in [-0.25, -0.2) is 0 Å². The zero-order valence-electron chi connectivity index (χ0n) is 11.5. The maximum absolute atomic E-state index is 9.92. The van der Waals surface area contributed by atoms with Crippen LogP contribution in [0.25, 0.3) is 0 Å². The van der Waals surface area contributed by atoms with Crippen molar-refractivity contribution in [2.24, 2.45) is 0 Å². The summed E-state index contributed by atoms with van der Waals surface area (Å²) >= 11 is 11.9. The molecule has 0 bridgehead atoms. The zero-order chi connectivity index (χ0) is 14.7. The van der Waals surface area contributed by atoms with Gasteiger partial charge in [-0.15, -0.1) is 0 Å². The monoisotopic (exact) mass is 309 g/mol. The summed E-state index contributed by atoms with van der Waals surface area (Å²) in [5.74, 6) is 0.0833. The highest BCUT2D eigenvalue weighted by atomic mass is 35.5. The van der Waals surface area contributed by atoms with Crippen molar-refractivity contribution in [2.45, 2.75) is 26.4 Å². The predicted octanol–water partition coefficient (Wildman–Crippen LogP) is 4.86. The molecule has 0 saturated heterocycles. The van der Waals surface area contributed by atoms with E-state index in [2.05, 4.69) is 37.4 Å². The summed E-state index contributed by atoms with van der Waals surface area (Å²) in [5, 5.41) is 14.1. The number of aryl methyl sites for hydroxylation is 1. The van der Waals surface area contributed by atoms with Crippen molar-refractivity contribution in [3.63, 3.8) is 0 Å². The molecule has 2 N–H and O–H groups in total. The Morgan fingerprint density at radius 1 is 1.20 bits per heavy atom. The molecule has 1 atom stereocenters. The minimum atomic E-state index is 0.0833. The smallest absolute Gasteiger partial charge is 0.138 e. The van der Waals surface area contributed by atoms with Crippen LogP contribution in [0.3, 0.4) is 0 Å². The van der Waals surface area contributed by atoms with E-state index in [0.717, 1.165) is 0 Å². The van der Waals surface area contributed by atoms with Gasteiger partial charge in [0.15, 0.2) is 0 Å². The molecule has 20 heavy (non-hydrogen) atoms. The van der Waals surface area contributed by atoms with Crippen molar-refractivity contribution < 1.29 is 5.11 Å². The Bertz CT molecular complexity index is 613. The van der Waals surface area contributed by atoms with E-state index in [1.807, 2.05) is 6.07 Å². The summed E-state index contributed by atoms with van der Waals surface area (Å²) in [6.07, 6.45) is 0. The zero-order valence-corrected chi connectivity index (χ0v) is 13.0. The molecule has 0 radical (unpaired) electrons. The lowest BCUT2D eigenvalue weighted by molar-refractivity contribution is 0.460. The van der Waals surface area contributed by atoms with Crippen LogP contribution in [0.4, 0.5) is 0 Å². The molecule has 0 spiro atoms. The molecular weight excluding hydrogens is 293 g/mol. The van der Waals surface area contributed by atoms with Crippen LogP contribution < -0.4 is 5.32 Å². The summed E-state index contributed by atoms with van der Waals surface area (Å²) in [6, 6.07) is 11.8. The number of benzene rings is 2. The Morgan fingerprint density at radius 2 is 1.95 bits per heavy atom. The molecule has 0 aliphatic heterocycles. The van der Waals surface area contributed by atoms with E-state index in [0.29, 0.717) is 17.1 Å². The average Bonchev–Trinajstić information content (AvgIpc) is 2.40. The molecule has 0 heterocycles. The normalized spacial score (nSPS) is 12.4. The number of phenols is 1. The summed E-state index contributed by atoms with van der Waals surface area (Å²) in [5.41, 5.74) is 3.13. The fourth-order valence-electron chi connectivity index (χ4n) is 2.07. The lowest BCUT2D eigenvalue weighted by atomic mass is 10.1. The number of aromatic hydroxyl groups is 1. The Labute approximate surface area is 129 Å². The minimum absolute atomic E-state index is 0.0833. The van der Waals surface area contributed by atoms with Crippen molar-refractivity contribution in [2.75, 3.05) is 0 Å². The van der Waals surface area contributed by atoms with Gasteiger partial charge in [0.25, 0.3) is 0 Å². The minimum Gasteiger partial charge on any atom is -0.506 e. The third-order valence-electron chi connectivity index (χ3n) is 3.25. The number of hydrogen-bond acceptors (Lipinski definition) is 2. The topological polar surface area (TPSA) is 32.3 Å². The van der Waals surface area contributed by atoms with Crippen LogP contribution in [0.5, 0.6) is 5.75 Å².